The van der Waals surface area contributed by atoms with Crippen LogP contribution in [0.2, 0.25) is 0 Å². The molecule has 1 unspecified atom stereocenters. The quantitative estimate of drug-likeness (QED) is 0.202. The Kier molecular flexibility index (Phi) is 4.79. The van der Waals surface area contributed by atoms with E-state index < -0.39 is 23.3 Å². The first-order valence-electron chi connectivity index (χ1n) is 6.11. The van der Waals surface area contributed by atoms with Gasteiger partial charge >= 0.3 is 6.03 Å². The van der Waals surface area contributed by atoms with Crippen molar-refractivity contribution in [3.8, 4) is 0 Å². The second kappa shape index (κ2) is 6.16. The van der Waals surface area contributed by atoms with Crippen molar-refractivity contribution >= 4 is 29.5 Å². The fourth-order valence-corrected chi connectivity index (χ4v) is 2.08. The summed E-state index contributed by atoms with van der Waals surface area (Å²) in [5, 5.41) is 9.36. The first-order chi connectivity index (χ1) is 9.74. The summed E-state index contributed by atoms with van der Waals surface area (Å²) in [5.41, 5.74) is 9.23. The maximum Gasteiger partial charge on any atom is 0.330 e. The Hall–Kier alpha value is -2.71. The lowest BCUT2D eigenvalue weighted by molar-refractivity contribution is -0.150. The van der Waals surface area contributed by atoms with E-state index in [-0.39, 0.29) is 18.8 Å². The molecule has 4 amide bonds. The van der Waals surface area contributed by atoms with Crippen molar-refractivity contribution in [3.63, 3.8) is 0 Å². The van der Waals surface area contributed by atoms with Gasteiger partial charge in [0, 0.05) is 19.2 Å². The molecule has 5 N–H and O–H groups in total. The van der Waals surface area contributed by atoms with Gasteiger partial charge in [-0.25, -0.2) is 4.79 Å². The topological polar surface area (TPSA) is 143 Å². The predicted octanol–water partition coefficient (Wildman–Crippen LogP) is -0.703. The molecular weight excluding hydrogens is 276 g/mol. The molecule has 0 aliphatic carbocycles. The van der Waals surface area contributed by atoms with E-state index in [0.717, 1.165) is 4.90 Å². The lowest BCUT2D eigenvalue weighted by Gasteiger charge is -2.37. The highest BCUT2D eigenvalue weighted by atomic mass is 16.2. The van der Waals surface area contributed by atoms with Crippen LogP contribution in [0, 0.1) is 5.41 Å². The lowest BCUT2D eigenvalue weighted by Crippen LogP contribution is -2.63. The number of nitrogens with two attached hydrogens (primary N) is 2. The number of hydrogen-bond acceptors (Lipinski definition) is 5. The van der Waals surface area contributed by atoms with Gasteiger partial charge in [-0.05, 0) is 13.3 Å². The molecule has 1 rings (SSSR count). The van der Waals surface area contributed by atoms with Crippen molar-refractivity contribution in [2.75, 3.05) is 7.05 Å². The summed E-state index contributed by atoms with van der Waals surface area (Å²) in [5.74, 6) is -1.54. The van der Waals surface area contributed by atoms with E-state index in [1.165, 1.54) is 13.1 Å². The first-order valence-corrected chi connectivity index (χ1v) is 6.11. The lowest BCUT2D eigenvalue weighted by atomic mass is 9.76. The molecule has 1 heterocycles. The summed E-state index contributed by atoms with van der Waals surface area (Å²) < 4.78 is 0. The predicted molar refractivity (Wildman–Crippen MR) is 77.1 cm³/mol. The minimum absolute atomic E-state index is 0.0297. The largest absolute Gasteiger partial charge is 0.369 e. The number of imide groups is 2. The molecule has 0 radical (unpaired) electrons. The van der Waals surface area contributed by atoms with Crippen molar-refractivity contribution < 1.29 is 14.4 Å². The summed E-state index contributed by atoms with van der Waals surface area (Å²) in [7, 11) is 1.30. The zero-order valence-corrected chi connectivity index (χ0v) is 11.9. The van der Waals surface area contributed by atoms with Gasteiger partial charge in [0.05, 0.1) is 0 Å². The molecular formula is C12H18N6O3. The summed E-state index contributed by atoms with van der Waals surface area (Å²) >= 11 is 0. The molecule has 0 bridgehead atoms. The van der Waals surface area contributed by atoms with Crippen molar-refractivity contribution in [1.82, 2.24) is 10.2 Å². The van der Waals surface area contributed by atoms with Gasteiger partial charge in [0.25, 0.3) is 0 Å². The molecule has 114 valence electrons. The Morgan fingerprint density at radius 2 is 2.00 bits per heavy atom. The van der Waals surface area contributed by atoms with Crippen molar-refractivity contribution in [2.45, 2.75) is 19.8 Å². The molecule has 0 saturated carbocycles. The second-order valence-electron chi connectivity index (χ2n) is 4.74. The number of allylic oxidation sites excluding steroid dienone is 1. The SMILES string of the molecule is C=CCC1(C/C(C)=N/N=C(N)N)C(=O)NC(=O)N(C)C1=O. The van der Waals surface area contributed by atoms with E-state index in [1.807, 2.05) is 0 Å². The van der Waals surface area contributed by atoms with Crippen molar-refractivity contribution in [1.29, 1.82) is 0 Å². The van der Waals surface area contributed by atoms with Gasteiger partial charge in [-0.2, -0.15) is 5.10 Å². The third kappa shape index (κ3) is 3.25. The molecule has 21 heavy (non-hydrogen) atoms. The van der Waals surface area contributed by atoms with E-state index in [4.69, 9.17) is 11.5 Å². The van der Waals surface area contributed by atoms with Crippen LogP contribution in [0.15, 0.2) is 22.9 Å². The van der Waals surface area contributed by atoms with Crippen LogP contribution < -0.4 is 16.8 Å². The van der Waals surface area contributed by atoms with Gasteiger partial charge in [0.15, 0.2) is 0 Å². The standard InChI is InChI=1S/C12H18N6O3/c1-4-5-12(6-7(2)16-17-10(13)14)8(19)15-11(21)18(3)9(12)20/h4H,1,5-6H2,2-3H3,(H4,13,14,17)(H,15,19,21)/b16-7+. The summed E-state index contributed by atoms with van der Waals surface area (Å²) in [4.78, 5) is 36.9. The van der Waals surface area contributed by atoms with Gasteiger partial charge in [-0.15, -0.1) is 11.7 Å². The number of rotatable bonds is 5. The molecule has 0 aromatic rings. The van der Waals surface area contributed by atoms with Gasteiger partial charge < -0.3 is 11.5 Å². The molecule has 1 fully saturated rings. The Balaban J connectivity index is 3.19. The molecule has 1 atom stereocenters. The van der Waals surface area contributed by atoms with E-state index >= 15 is 0 Å². The molecule has 1 aliphatic rings. The van der Waals surface area contributed by atoms with Crippen LogP contribution in [0.3, 0.4) is 0 Å². The number of carbonyl (C=O) groups is 3. The number of amides is 4. The van der Waals surface area contributed by atoms with Crippen LogP contribution in [-0.4, -0.2) is 41.5 Å². The van der Waals surface area contributed by atoms with Gasteiger partial charge in [0.1, 0.15) is 5.41 Å². The van der Waals surface area contributed by atoms with Crippen LogP contribution in [0.5, 0.6) is 0 Å². The van der Waals surface area contributed by atoms with Gasteiger partial charge in [0.2, 0.25) is 17.8 Å². The third-order valence-electron chi connectivity index (χ3n) is 3.06. The molecule has 0 aromatic carbocycles. The minimum Gasteiger partial charge on any atom is -0.369 e. The number of barbiturate groups is 1. The third-order valence-corrected chi connectivity index (χ3v) is 3.06. The number of hydrogen-bond donors (Lipinski definition) is 3. The maximum atomic E-state index is 12.4. The normalized spacial score (nSPS) is 22.9. The zero-order valence-electron chi connectivity index (χ0n) is 11.9. The highest BCUT2D eigenvalue weighted by Crippen LogP contribution is 2.33. The fraction of sp³-hybridized carbons (Fsp3) is 0.417. The van der Waals surface area contributed by atoms with Crippen LogP contribution in [-0.2, 0) is 9.59 Å². The average molecular weight is 294 g/mol. The van der Waals surface area contributed by atoms with Gasteiger partial charge in [-0.3, -0.25) is 19.8 Å². The average Bonchev–Trinajstić information content (AvgIpc) is 2.41. The number of urea groups is 1. The van der Waals surface area contributed by atoms with Crippen LogP contribution >= 0.6 is 0 Å². The van der Waals surface area contributed by atoms with Crippen LogP contribution in [0.25, 0.3) is 0 Å². The first kappa shape index (κ1) is 16.3. The highest BCUT2D eigenvalue weighted by molar-refractivity contribution is 6.20. The maximum absolute atomic E-state index is 12.4. The molecule has 1 saturated heterocycles. The second-order valence-corrected chi connectivity index (χ2v) is 4.74. The number of nitrogens with one attached hydrogen (secondary N) is 1. The number of carbonyl (C=O) groups excluding carboxylic acids is 3. The summed E-state index contributed by atoms with van der Waals surface area (Å²) in [6.07, 6.45) is 1.47. The van der Waals surface area contributed by atoms with Crippen LogP contribution in [0.1, 0.15) is 19.8 Å². The van der Waals surface area contributed by atoms with Crippen LogP contribution in [0.4, 0.5) is 4.79 Å². The molecule has 0 aromatic heterocycles. The Labute approximate surface area is 121 Å². The van der Waals surface area contributed by atoms with E-state index in [0.29, 0.717) is 5.71 Å². The van der Waals surface area contributed by atoms with Crippen molar-refractivity contribution in [2.24, 2.45) is 27.1 Å². The van der Waals surface area contributed by atoms with Gasteiger partial charge in [-0.1, -0.05) is 6.08 Å². The Morgan fingerprint density at radius 3 is 2.52 bits per heavy atom. The smallest absolute Gasteiger partial charge is 0.330 e. The number of guanidine groups is 1. The fourth-order valence-electron chi connectivity index (χ4n) is 2.08. The monoisotopic (exact) mass is 294 g/mol. The number of nitrogens with zero attached hydrogens (tertiary/aromatic N) is 3. The molecule has 0 spiro atoms. The van der Waals surface area contributed by atoms with E-state index in [1.54, 1.807) is 6.92 Å². The molecule has 1 aliphatic heterocycles. The highest BCUT2D eigenvalue weighted by Gasteiger charge is 2.52. The summed E-state index contributed by atoms with van der Waals surface area (Å²) in [6.45, 7) is 5.13. The summed E-state index contributed by atoms with van der Waals surface area (Å²) in [6, 6.07) is -0.761. The zero-order chi connectivity index (χ0) is 16.2. The minimum atomic E-state index is -1.48. The van der Waals surface area contributed by atoms with E-state index in [9.17, 15) is 14.4 Å². The van der Waals surface area contributed by atoms with E-state index in [2.05, 4.69) is 22.1 Å². The Morgan fingerprint density at radius 1 is 1.38 bits per heavy atom. The van der Waals surface area contributed by atoms with Crippen molar-refractivity contribution in [3.05, 3.63) is 12.7 Å². The molecule has 9 heteroatoms. The Bertz CT molecular complexity index is 549. The molecule has 9 nitrogen and oxygen atoms in total.